The molecule has 26 heavy (non-hydrogen) atoms. The summed E-state index contributed by atoms with van der Waals surface area (Å²) in [5.41, 5.74) is 1.04. The first-order valence-electron chi connectivity index (χ1n) is 7.98. The molecule has 2 aromatic heterocycles. The Balaban J connectivity index is 1.52. The number of rotatable bonds is 6. The van der Waals surface area contributed by atoms with Crippen LogP contribution in [0.4, 0.5) is 5.13 Å². The second-order valence-corrected chi connectivity index (χ2v) is 6.52. The summed E-state index contributed by atoms with van der Waals surface area (Å²) < 4.78 is 0. The molecule has 0 fully saturated rings. The molecule has 0 saturated heterocycles. The number of benzene rings is 1. The molecule has 0 unspecified atom stereocenters. The molecule has 0 aliphatic heterocycles. The number of carbonyl (C=O) groups is 2. The lowest BCUT2D eigenvalue weighted by Gasteiger charge is -2.06. The van der Waals surface area contributed by atoms with Crippen molar-refractivity contribution in [1.29, 1.82) is 0 Å². The third kappa shape index (κ3) is 4.31. The van der Waals surface area contributed by atoms with Crippen molar-refractivity contribution in [3.63, 3.8) is 0 Å². The van der Waals surface area contributed by atoms with Crippen LogP contribution in [0.2, 0.25) is 0 Å². The highest BCUT2D eigenvalue weighted by molar-refractivity contribution is 7.13. The summed E-state index contributed by atoms with van der Waals surface area (Å²) in [5.74, 6) is -0.486. The van der Waals surface area contributed by atoms with Crippen LogP contribution < -0.4 is 16.2 Å². The summed E-state index contributed by atoms with van der Waals surface area (Å²) in [4.78, 5) is 39.8. The SMILES string of the molecule is Cc1csc(NC(=O)CCNC(=O)Cc2n[nH]c(=O)c3ccccc23)n1. The Morgan fingerprint density at radius 2 is 1.96 bits per heavy atom. The summed E-state index contributed by atoms with van der Waals surface area (Å²) in [7, 11) is 0. The van der Waals surface area contributed by atoms with Gasteiger partial charge in [-0.2, -0.15) is 5.10 Å². The van der Waals surface area contributed by atoms with Crippen molar-refractivity contribution in [3.05, 3.63) is 51.4 Å². The summed E-state index contributed by atoms with van der Waals surface area (Å²) in [6, 6.07) is 6.98. The predicted octanol–water partition coefficient (Wildman–Crippen LogP) is 1.38. The van der Waals surface area contributed by atoms with E-state index in [2.05, 4.69) is 25.8 Å². The Bertz CT molecular complexity index is 1010. The fraction of sp³-hybridized carbons (Fsp3) is 0.235. The Hall–Kier alpha value is -3.07. The standard InChI is InChI=1S/C17H17N5O3S/c1-10-9-26-17(19-10)20-14(23)6-7-18-15(24)8-13-11-4-2-3-5-12(11)16(25)22-21-13/h2-5,9H,6-8H2,1H3,(H,18,24)(H,22,25)(H,19,20,23). The van der Waals surface area contributed by atoms with E-state index in [1.165, 1.54) is 11.3 Å². The normalized spacial score (nSPS) is 10.7. The van der Waals surface area contributed by atoms with E-state index in [-0.39, 0.29) is 36.8 Å². The number of amides is 2. The minimum atomic E-state index is -0.293. The average molecular weight is 371 g/mol. The van der Waals surface area contributed by atoms with E-state index >= 15 is 0 Å². The first kappa shape index (κ1) is 17.7. The van der Waals surface area contributed by atoms with Crippen LogP contribution in [-0.2, 0) is 16.0 Å². The molecule has 2 heterocycles. The van der Waals surface area contributed by atoms with Gasteiger partial charge in [-0.1, -0.05) is 18.2 Å². The zero-order valence-electron chi connectivity index (χ0n) is 14.0. The predicted molar refractivity (Wildman–Crippen MR) is 99.2 cm³/mol. The summed E-state index contributed by atoms with van der Waals surface area (Å²) in [5, 5.41) is 15.2. The van der Waals surface area contributed by atoms with Crippen molar-refractivity contribution < 1.29 is 9.59 Å². The number of carbonyl (C=O) groups excluding carboxylic acids is 2. The Morgan fingerprint density at radius 1 is 1.19 bits per heavy atom. The van der Waals surface area contributed by atoms with Crippen molar-refractivity contribution in [3.8, 4) is 0 Å². The molecular weight excluding hydrogens is 354 g/mol. The number of hydrogen-bond acceptors (Lipinski definition) is 6. The summed E-state index contributed by atoms with van der Waals surface area (Å²) in [6.07, 6.45) is 0.161. The molecule has 0 aliphatic rings. The lowest BCUT2D eigenvalue weighted by atomic mass is 10.1. The molecule has 3 aromatic rings. The molecule has 0 aliphatic carbocycles. The van der Waals surface area contributed by atoms with E-state index < -0.39 is 0 Å². The Morgan fingerprint density at radius 3 is 2.69 bits per heavy atom. The van der Waals surface area contributed by atoms with Crippen molar-refractivity contribution in [2.75, 3.05) is 11.9 Å². The van der Waals surface area contributed by atoms with Crippen molar-refractivity contribution in [1.82, 2.24) is 20.5 Å². The van der Waals surface area contributed by atoms with Gasteiger partial charge < -0.3 is 10.6 Å². The van der Waals surface area contributed by atoms with Crippen LogP contribution in [0.1, 0.15) is 17.8 Å². The zero-order chi connectivity index (χ0) is 18.5. The third-order valence-corrected chi connectivity index (χ3v) is 4.52. The van der Waals surface area contributed by atoms with Crippen molar-refractivity contribution in [2.24, 2.45) is 0 Å². The van der Waals surface area contributed by atoms with Gasteiger partial charge in [0.2, 0.25) is 11.8 Å². The van der Waals surface area contributed by atoms with E-state index in [4.69, 9.17) is 0 Å². The van der Waals surface area contributed by atoms with Gasteiger partial charge in [0, 0.05) is 23.7 Å². The molecule has 0 saturated carbocycles. The highest BCUT2D eigenvalue weighted by Crippen LogP contribution is 2.14. The van der Waals surface area contributed by atoms with Crippen LogP contribution in [0, 0.1) is 6.92 Å². The molecule has 0 radical (unpaired) electrons. The molecule has 134 valence electrons. The van der Waals surface area contributed by atoms with Gasteiger partial charge in [0.25, 0.3) is 5.56 Å². The molecule has 1 aromatic carbocycles. The molecule has 0 spiro atoms. The smallest absolute Gasteiger partial charge is 0.272 e. The number of anilines is 1. The number of nitrogens with zero attached hydrogens (tertiary/aromatic N) is 2. The maximum Gasteiger partial charge on any atom is 0.272 e. The van der Waals surface area contributed by atoms with Gasteiger partial charge in [-0.3, -0.25) is 14.4 Å². The van der Waals surface area contributed by atoms with Gasteiger partial charge in [0.15, 0.2) is 5.13 Å². The van der Waals surface area contributed by atoms with Crippen LogP contribution in [0.3, 0.4) is 0 Å². The molecule has 8 nitrogen and oxygen atoms in total. The minimum absolute atomic E-state index is 0.0184. The average Bonchev–Trinajstić information content (AvgIpc) is 3.02. The fourth-order valence-electron chi connectivity index (χ4n) is 2.43. The first-order valence-corrected chi connectivity index (χ1v) is 8.86. The van der Waals surface area contributed by atoms with Crippen LogP contribution >= 0.6 is 11.3 Å². The van der Waals surface area contributed by atoms with Gasteiger partial charge in [0.1, 0.15) is 0 Å². The largest absolute Gasteiger partial charge is 0.355 e. The number of nitrogens with one attached hydrogen (secondary N) is 3. The number of hydrogen-bond donors (Lipinski definition) is 3. The first-order chi connectivity index (χ1) is 12.5. The number of aromatic nitrogens is 3. The molecule has 3 N–H and O–H groups in total. The summed E-state index contributed by atoms with van der Waals surface area (Å²) in [6.45, 7) is 2.05. The van der Waals surface area contributed by atoms with Gasteiger partial charge in [-0.25, -0.2) is 10.1 Å². The second-order valence-electron chi connectivity index (χ2n) is 5.66. The van der Waals surface area contributed by atoms with E-state index in [0.717, 1.165) is 5.69 Å². The lowest BCUT2D eigenvalue weighted by molar-refractivity contribution is -0.120. The number of aromatic amines is 1. The Labute approximate surface area is 152 Å². The topological polar surface area (TPSA) is 117 Å². The van der Waals surface area contributed by atoms with E-state index in [1.807, 2.05) is 12.3 Å². The molecule has 3 rings (SSSR count). The zero-order valence-corrected chi connectivity index (χ0v) is 14.9. The highest BCUT2D eigenvalue weighted by atomic mass is 32.1. The molecule has 9 heteroatoms. The molecule has 0 bridgehead atoms. The number of H-pyrrole nitrogens is 1. The maximum atomic E-state index is 12.1. The van der Waals surface area contributed by atoms with E-state index in [1.54, 1.807) is 24.3 Å². The van der Waals surface area contributed by atoms with Crippen molar-refractivity contribution in [2.45, 2.75) is 19.8 Å². The van der Waals surface area contributed by atoms with Gasteiger partial charge >= 0.3 is 0 Å². The van der Waals surface area contributed by atoms with Crippen LogP contribution in [0.5, 0.6) is 0 Å². The fourth-order valence-corrected chi connectivity index (χ4v) is 3.13. The lowest BCUT2D eigenvalue weighted by Crippen LogP contribution is -2.29. The quantitative estimate of drug-likeness (QED) is 0.605. The maximum absolute atomic E-state index is 12.1. The van der Waals surface area contributed by atoms with Crippen LogP contribution in [-0.4, -0.2) is 33.5 Å². The minimum Gasteiger partial charge on any atom is -0.355 e. The number of fused-ring (bicyclic) bond motifs is 1. The summed E-state index contributed by atoms with van der Waals surface area (Å²) >= 11 is 1.35. The third-order valence-electron chi connectivity index (χ3n) is 3.64. The second kappa shape index (κ2) is 7.87. The van der Waals surface area contributed by atoms with E-state index in [0.29, 0.717) is 21.6 Å². The van der Waals surface area contributed by atoms with E-state index in [9.17, 15) is 14.4 Å². The van der Waals surface area contributed by atoms with Gasteiger partial charge in [-0.05, 0) is 13.0 Å². The van der Waals surface area contributed by atoms with Crippen LogP contribution in [0.15, 0.2) is 34.4 Å². The molecular formula is C17H17N5O3S. The number of thiazole rings is 1. The van der Waals surface area contributed by atoms with Crippen LogP contribution in [0.25, 0.3) is 10.8 Å². The van der Waals surface area contributed by atoms with Gasteiger partial charge in [-0.15, -0.1) is 11.3 Å². The van der Waals surface area contributed by atoms with Gasteiger partial charge in [0.05, 0.1) is 23.2 Å². The Kier molecular flexibility index (Phi) is 5.37. The number of aryl methyl sites for hydroxylation is 1. The highest BCUT2D eigenvalue weighted by Gasteiger charge is 2.11. The molecule has 0 atom stereocenters. The van der Waals surface area contributed by atoms with Crippen molar-refractivity contribution >= 4 is 39.1 Å². The monoisotopic (exact) mass is 371 g/mol. The molecule has 2 amide bonds.